The molecule has 2 unspecified atom stereocenters. The molecule has 138 valence electrons. The van der Waals surface area contributed by atoms with Gasteiger partial charge < -0.3 is 0 Å². The molecule has 0 aliphatic rings. The fraction of sp³-hybridized carbons (Fsp3) is 0.739. The van der Waals surface area contributed by atoms with Gasteiger partial charge in [0.25, 0.3) is 0 Å². The van der Waals surface area contributed by atoms with E-state index in [2.05, 4.69) is 60.1 Å². The van der Waals surface area contributed by atoms with Crippen LogP contribution in [0.15, 0.2) is 30.3 Å². The van der Waals surface area contributed by atoms with E-state index in [4.69, 9.17) is 0 Å². The summed E-state index contributed by atoms with van der Waals surface area (Å²) < 4.78 is 0. The van der Waals surface area contributed by atoms with Gasteiger partial charge in [-0.1, -0.05) is 118 Å². The van der Waals surface area contributed by atoms with Crippen molar-refractivity contribution in [2.75, 3.05) is 5.33 Å². The molecule has 0 bridgehead atoms. The molecule has 1 aromatic rings. The van der Waals surface area contributed by atoms with Crippen LogP contribution in [0.1, 0.15) is 90.0 Å². The molecule has 0 radical (unpaired) electrons. The number of unbranched alkanes of at least 4 members (excludes halogenated alkanes) is 6. The molecule has 0 saturated heterocycles. The van der Waals surface area contributed by atoms with E-state index in [0.29, 0.717) is 0 Å². The molecule has 0 aliphatic carbocycles. The lowest BCUT2D eigenvalue weighted by molar-refractivity contribution is 0.386. The lowest BCUT2D eigenvalue weighted by Crippen LogP contribution is -2.02. The van der Waals surface area contributed by atoms with E-state index >= 15 is 0 Å². The fourth-order valence-corrected chi connectivity index (χ4v) is 3.78. The molecule has 0 fully saturated rings. The third-order valence-electron chi connectivity index (χ3n) is 5.25. The summed E-state index contributed by atoms with van der Waals surface area (Å²) in [6.45, 7) is 4.89. The highest BCUT2D eigenvalue weighted by Crippen LogP contribution is 2.21. The second-order valence-electron chi connectivity index (χ2n) is 7.76. The van der Waals surface area contributed by atoms with Gasteiger partial charge in [0.1, 0.15) is 0 Å². The van der Waals surface area contributed by atoms with Gasteiger partial charge in [0.2, 0.25) is 0 Å². The van der Waals surface area contributed by atoms with E-state index in [9.17, 15) is 0 Å². The van der Waals surface area contributed by atoms with Gasteiger partial charge in [0.05, 0.1) is 0 Å². The minimum atomic E-state index is 0.863. The van der Waals surface area contributed by atoms with Crippen molar-refractivity contribution < 1.29 is 0 Å². The molecule has 2 atom stereocenters. The zero-order valence-electron chi connectivity index (χ0n) is 16.1. The first-order chi connectivity index (χ1) is 11.7. The third-order valence-corrected chi connectivity index (χ3v) is 5.81. The standard InChI is InChI=1S/C23H39Br/c1-21(13-9-6-4-3-5-7-12-20-24)16-17-22(2)18-19-23-14-10-8-11-15-23/h8,10-11,14-15,21-22H,3-7,9,12-13,16-20H2,1-2H3. The van der Waals surface area contributed by atoms with Crippen LogP contribution < -0.4 is 0 Å². The molecule has 0 aliphatic heterocycles. The van der Waals surface area contributed by atoms with E-state index in [-0.39, 0.29) is 0 Å². The average Bonchev–Trinajstić information content (AvgIpc) is 2.61. The van der Waals surface area contributed by atoms with Crippen LogP contribution in [0.25, 0.3) is 0 Å². The summed E-state index contributed by atoms with van der Waals surface area (Å²) in [6.07, 6.45) is 16.8. The number of alkyl halides is 1. The highest BCUT2D eigenvalue weighted by molar-refractivity contribution is 9.09. The first-order valence-electron chi connectivity index (χ1n) is 10.3. The van der Waals surface area contributed by atoms with Crippen molar-refractivity contribution in [1.82, 2.24) is 0 Å². The normalized spacial score (nSPS) is 13.8. The maximum absolute atomic E-state index is 3.51. The van der Waals surface area contributed by atoms with Gasteiger partial charge in [-0.2, -0.15) is 0 Å². The Balaban J connectivity index is 1.94. The van der Waals surface area contributed by atoms with Gasteiger partial charge in [0, 0.05) is 5.33 Å². The predicted molar refractivity (Wildman–Crippen MR) is 113 cm³/mol. The maximum atomic E-state index is 3.51. The van der Waals surface area contributed by atoms with Crippen LogP contribution in [0.2, 0.25) is 0 Å². The molecular weight excluding hydrogens is 356 g/mol. The lowest BCUT2D eigenvalue weighted by Gasteiger charge is -2.15. The average molecular weight is 395 g/mol. The number of rotatable bonds is 15. The Labute approximate surface area is 160 Å². The van der Waals surface area contributed by atoms with Crippen molar-refractivity contribution in [3.05, 3.63) is 35.9 Å². The van der Waals surface area contributed by atoms with Crippen LogP contribution in [0.4, 0.5) is 0 Å². The first kappa shape index (κ1) is 21.7. The Morgan fingerprint density at radius 3 is 1.83 bits per heavy atom. The SMILES string of the molecule is CC(CCCCCCCCCBr)CCC(C)CCc1ccccc1. The molecule has 1 aromatic carbocycles. The third kappa shape index (κ3) is 12.1. The molecule has 0 N–H and O–H groups in total. The van der Waals surface area contributed by atoms with Crippen LogP contribution in [-0.2, 0) is 6.42 Å². The maximum Gasteiger partial charge on any atom is 0.00313 e. The first-order valence-corrected chi connectivity index (χ1v) is 11.4. The molecule has 1 heteroatoms. The Hall–Kier alpha value is -0.300. The monoisotopic (exact) mass is 394 g/mol. The molecule has 0 amide bonds. The van der Waals surface area contributed by atoms with E-state index in [1.54, 1.807) is 0 Å². The van der Waals surface area contributed by atoms with Crippen LogP contribution in [0.5, 0.6) is 0 Å². The fourth-order valence-electron chi connectivity index (χ4n) is 3.39. The molecule has 0 aromatic heterocycles. The van der Waals surface area contributed by atoms with Crippen molar-refractivity contribution in [2.24, 2.45) is 11.8 Å². The summed E-state index contributed by atoms with van der Waals surface area (Å²) in [5.74, 6) is 1.78. The topological polar surface area (TPSA) is 0 Å². The molecule has 0 nitrogen and oxygen atoms in total. The van der Waals surface area contributed by atoms with Crippen molar-refractivity contribution in [3.8, 4) is 0 Å². The number of benzene rings is 1. The van der Waals surface area contributed by atoms with E-state index in [1.165, 1.54) is 87.9 Å². The van der Waals surface area contributed by atoms with E-state index < -0.39 is 0 Å². The van der Waals surface area contributed by atoms with Gasteiger partial charge in [-0.05, 0) is 36.7 Å². The predicted octanol–water partition coefficient (Wildman–Crippen LogP) is 8.19. The zero-order chi connectivity index (χ0) is 17.5. The summed E-state index contributed by atoms with van der Waals surface area (Å²) >= 11 is 3.51. The largest absolute Gasteiger partial charge is 0.0928 e. The Morgan fingerprint density at radius 1 is 0.667 bits per heavy atom. The van der Waals surface area contributed by atoms with Crippen molar-refractivity contribution >= 4 is 15.9 Å². The Kier molecular flexibility index (Phi) is 13.6. The van der Waals surface area contributed by atoms with E-state index in [1.807, 2.05) is 0 Å². The minimum Gasteiger partial charge on any atom is -0.0928 e. The van der Waals surface area contributed by atoms with Crippen molar-refractivity contribution in [3.63, 3.8) is 0 Å². The Morgan fingerprint density at radius 2 is 1.21 bits per heavy atom. The van der Waals surface area contributed by atoms with Crippen molar-refractivity contribution in [1.29, 1.82) is 0 Å². The second-order valence-corrected chi connectivity index (χ2v) is 8.56. The van der Waals surface area contributed by atoms with Crippen LogP contribution >= 0.6 is 15.9 Å². The van der Waals surface area contributed by atoms with Gasteiger partial charge in [-0.25, -0.2) is 0 Å². The van der Waals surface area contributed by atoms with Gasteiger partial charge >= 0.3 is 0 Å². The van der Waals surface area contributed by atoms with E-state index in [0.717, 1.165) is 11.8 Å². The highest BCUT2D eigenvalue weighted by atomic mass is 79.9. The second kappa shape index (κ2) is 15.0. The van der Waals surface area contributed by atoms with Gasteiger partial charge in [-0.3, -0.25) is 0 Å². The molecule has 0 saturated carbocycles. The summed E-state index contributed by atoms with van der Waals surface area (Å²) in [7, 11) is 0. The number of aryl methyl sites for hydroxylation is 1. The molecule has 1 rings (SSSR count). The lowest BCUT2D eigenvalue weighted by atomic mass is 9.91. The molecule has 0 spiro atoms. The highest BCUT2D eigenvalue weighted by Gasteiger charge is 2.07. The van der Waals surface area contributed by atoms with Gasteiger partial charge in [-0.15, -0.1) is 0 Å². The van der Waals surface area contributed by atoms with Crippen molar-refractivity contribution in [2.45, 2.75) is 90.9 Å². The zero-order valence-corrected chi connectivity index (χ0v) is 17.7. The molecular formula is C23H39Br. The smallest absolute Gasteiger partial charge is 0.00313 e. The quantitative estimate of drug-likeness (QED) is 0.207. The van der Waals surface area contributed by atoms with Crippen LogP contribution in [-0.4, -0.2) is 5.33 Å². The summed E-state index contributed by atoms with van der Waals surface area (Å²) in [4.78, 5) is 0. The minimum absolute atomic E-state index is 0.863. The van der Waals surface area contributed by atoms with Crippen LogP contribution in [0, 0.1) is 11.8 Å². The number of halogens is 1. The number of hydrogen-bond donors (Lipinski definition) is 0. The summed E-state index contributed by atoms with van der Waals surface area (Å²) in [6, 6.07) is 10.9. The van der Waals surface area contributed by atoms with Gasteiger partial charge in [0.15, 0.2) is 0 Å². The number of hydrogen-bond acceptors (Lipinski definition) is 0. The Bertz CT molecular complexity index is 373. The molecule has 0 heterocycles. The molecule has 24 heavy (non-hydrogen) atoms. The van der Waals surface area contributed by atoms with Crippen LogP contribution in [0.3, 0.4) is 0 Å². The summed E-state index contributed by atoms with van der Waals surface area (Å²) in [5, 5.41) is 1.17. The summed E-state index contributed by atoms with van der Waals surface area (Å²) in [5.41, 5.74) is 1.49.